The fourth-order valence-electron chi connectivity index (χ4n) is 2.82. The van der Waals surface area contributed by atoms with Crippen molar-refractivity contribution in [3.05, 3.63) is 65.2 Å². The number of nitrogens with zero attached hydrogens (tertiary/aromatic N) is 1. The molecule has 0 N–H and O–H groups in total. The fourth-order valence-corrected chi connectivity index (χ4v) is 2.82. The lowest BCUT2D eigenvalue weighted by Gasteiger charge is -2.28. The number of allylic oxidation sites excluding steroid dienone is 1. The summed E-state index contributed by atoms with van der Waals surface area (Å²) in [6.45, 7) is 6.43. The molecule has 2 aromatic carbocycles. The SMILES string of the molecule is CCN1Cc2ccccc2/C(C)=C\c2ccccc21. The molecule has 0 amide bonds. The van der Waals surface area contributed by atoms with E-state index in [1.54, 1.807) is 0 Å². The molecule has 1 aliphatic rings. The summed E-state index contributed by atoms with van der Waals surface area (Å²) in [5.41, 5.74) is 6.78. The molecule has 3 rings (SSSR count). The first-order valence-corrected chi connectivity index (χ1v) is 6.90. The normalized spacial score (nSPS) is 16.7. The fraction of sp³-hybridized carbons (Fsp3) is 0.222. The number of benzene rings is 2. The van der Waals surface area contributed by atoms with Gasteiger partial charge in [0.25, 0.3) is 0 Å². The minimum Gasteiger partial charge on any atom is -0.367 e. The van der Waals surface area contributed by atoms with Crippen molar-refractivity contribution in [1.82, 2.24) is 0 Å². The Morgan fingerprint density at radius 3 is 2.58 bits per heavy atom. The van der Waals surface area contributed by atoms with Crippen LogP contribution < -0.4 is 4.90 Å². The van der Waals surface area contributed by atoms with E-state index < -0.39 is 0 Å². The van der Waals surface area contributed by atoms with E-state index in [1.165, 1.54) is 28.0 Å². The molecule has 0 fully saturated rings. The first-order valence-electron chi connectivity index (χ1n) is 6.90. The number of anilines is 1. The van der Waals surface area contributed by atoms with Gasteiger partial charge in [-0.1, -0.05) is 42.5 Å². The van der Waals surface area contributed by atoms with Crippen molar-refractivity contribution in [3.63, 3.8) is 0 Å². The van der Waals surface area contributed by atoms with E-state index in [1.807, 2.05) is 0 Å². The zero-order chi connectivity index (χ0) is 13.2. The quantitative estimate of drug-likeness (QED) is 0.714. The lowest BCUT2D eigenvalue weighted by atomic mass is 9.95. The first-order chi connectivity index (χ1) is 9.29. The summed E-state index contributed by atoms with van der Waals surface area (Å²) in [4.78, 5) is 2.44. The van der Waals surface area contributed by atoms with Crippen molar-refractivity contribution < 1.29 is 0 Å². The Bertz CT molecular complexity index is 625. The number of hydrogen-bond acceptors (Lipinski definition) is 1. The number of hydrogen-bond donors (Lipinski definition) is 0. The van der Waals surface area contributed by atoms with Gasteiger partial charge in [0.2, 0.25) is 0 Å². The molecule has 0 unspecified atom stereocenters. The molecule has 1 aliphatic heterocycles. The Labute approximate surface area is 115 Å². The highest BCUT2D eigenvalue weighted by Crippen LogP contribution is 2.31. The van der Waals surface area contributed by atoms with Crippen LogP contribution in [0.2, 0.25) is 0 Å². The van der Waals surface area contributed by atoms with Crippen molar-refractivity contribution in [2.45, 2.75) is 20.4 Å². The van der Waals surface area contributed by atoms with Crippen LogP contribution in [-0.4, -0.2) is 6.54 Å². The highest BCUT2D eigenvalue weighted by atomic mass is 15.1. The molecule has 19 heavy (non-hydrogen) atoms. The van der Waals surface area contributed by atoms with E-state index in [0.29, 0.717) is 0 Å². The Hall–Kier alpha value is -2.02. The van der Waals surface area contributed by atoms with Gasteiger partial charge in [0.05, 0.1) is 0 Å². The van der Waals surface area contributed by atoms with Gasteiger partial charge in [0.15, 0.2) is 0 Å². The van der Waals surface area contributed by atoms with Crippen LogP contribution in [0.15, 0.2) is 48.5 Å². The van der Waals surface area contributed by atoms with Crippen molar-refractivity contribution in [2.75, 3.05) is 11.4 Å². The smallest absolute Gasteiger partial charge is 0.0442 e. The maximum Gasteiger partial charge on any atom is 0.0442 e. The molecular weight excluding hydrogens is 230 g/mol. The Morgan fingerprint density at radius 1 is 1.00 bits per heavy atom. The number of fused-ring (bicyclic) bond motifs is 2. The summed E-state index contributed by atoms with van der Waals surface area (Å²) < 4.78 is 0. The molecule has 0 aliphatic carbocycles. The second-order valence-corrected chi connectivity index (χ2v) is 5.06. The van der Waals surface area contributed by atoms with Gasteiger partial charge in [-0.2, -0.15) is 0 Å². The van der Waals surface area contributed by atoms with Crippen LogP contribution in [0.3, 0.4) is 0 Å². The van der Waals surface area contributed by atoms with Gasteiger partial charge in [-0.3, -0.25) is 0 Å². The maximum absolute atomic E-state index is 2.44. The zero-order valence-electron chi connectivity index (χ0n) is 11.6. The Kier molecular flexibility index (Phi) is 3.12. The molecule has 1 heterocycles. The highest BCUT2D eigenvalue weighted by molar-refractivity contribution is 5.86. The summed E-state index contributed by atoms with van der Waals surface area (Å²) in [7, 11) is 0. The van der Waals surface area contributed by atoms with Gasteiger partial charge in [-0.25, -0.2) is 0 Å². The van der Waals surface area contributed by atoms with Crippen LogP contribution in [0, 0.1) is 0 Å². The third-order valence-electron chi connectivity index (χ3n) is 3.83. The first kappa shape index (κ1) is 12.0. The van der Waals surface area contributed by atoms with E-state index in [2.05, 4.69) is 73.4 Å². The lowest BCUT2D eigenvalue weighted by Crippen LogP contribution is -2.24. The van der Waals surface area contributed by atoms with E-state index >= 15 is 0 Å². The average molecular weight is 249 g/mol. The van der Waals surface area contributed by atoms with Gasteiger partial charge < -0.3 is 4.90 Å². The van der Waals surface area contributed by atoms with Crippen molar-refractivity contribution in [2.24, 2.45) is 0 Å². The molecule has 0 bridgehead atoms. The standard InChI is InChI=1S/C18H19N/c1-3-19-13-16-9-4-6-10-17(16)14(2)12-15-8-5-7-11-18(15)19/h4-12H,3,13H2,1-2H3/b14-12-. The predicted octanol–water partition coefficient (Wildman–Crippen LogP) is 4.59. The molecule has 0 aromatic heterocycles. The average Bonchev–Trinajstić information content (AvgIpc) is 2.44. The second kappa shape index (κ2) is 4.93. The van der Waals surface area contributed by atoms with Crippen LogP contribution in [0.4, 0.5) is 5.69 Å². The van der Waals surface area contributed by atoms with Crippen molar-refractivity contribution in [1.29, 1.82) is 0 Å². The number of para-hydroxylation sites is 1. The molecule has 1 heteroatoms. The van der Waals surface area contributed by atoms with Crippen LogP contribution in [0.25, 0.3) is 11.6 Å². The monoisotopic (exact) mass is 249 g/mol. The van der Waals surface area contributed by atoms with Gasteiger partial charge >= 0.3 is 0 Å². The summed E-state index contributed by atoms with van der Waals surface area (Å²) in [6, 6.07) is 17.4. The Balaban J connectivity index is 2.22. The molecule has 2 aromatic rings. The third-order valence-corrected chi connectivity index (χ3v) is 3.83. The highest BCUT2D eigenvalue weighted by Gasteiger charge is 2.14. The molecule has 0 atom stereocenters. The van der Waals surface area contributed by atoms with E-state index in [9.17, 15) is 0 Å². The second-order valence-electron chi connectivity index (χ2n) is 5.06. The minimum atomic E-state index is 0.981. The summed E-state index contributed by atoms with van der Waals surface area (Å²) in [6.07, 6.45) is 2.30. The van der Waals surface area contributed by atoms with Gasteiger partial charge in [-0.05, 0) is 48.3 Å². The minimum absolute atomic E-state index is 0.981. The molecule has 0 saturated carbocycles. The zero-order valence-corrected chi connectivity index (χ0v) is 11.6. The van der Waals surface area contributed by atoms with Gasteiger partial charge in [-0.15, -0.1) is 0 Å². The van der Waals surface area contributed by atoms with E-state index in [0.717, 1.165) is 13.1 Å². The molecule has 0 spiro atoms. The molecule has 0 saturated heterocycles. The molecule has 0 radical (unpaired) electrons. The summed E-state index contributed by atoms with van der Waals surface area (Å²) in [5.74, 6) is 0. The number of rotatable bonds is 1. The van der Waals surface area contributed by atoms with E-state index in [4.69, 9.17) is 0 Å². The van der Waals surface area contributed by atoms with Gasteiger partial charge in [0, 0.05) is 18.8 Å². The summed E-state index contributed by atoms with van der Waals surface area (Å²) >= 11 is 0. The topological polar surface area (TPSA) is 3.24 Å². The maximum atomic E-state index is 2.44. The van der Waals surface area contributed by atoms with Crippen LogP contribution >= 0.6 is 0 Å². The lowest BCUT2D eigenvalue weighted by molar-refractivity contribution is 0.828. The summed E-state index contributed by atoms with van der Waals surface area (Å²) in [5, 5.41) is 0. The van der Waals surface area contributed by atoms with Crippen LogP contribution in [0.5, 0.6) is 0 Å². The molecule has 96 valence electrons. The predicted molar refractivity (Wildman–Crippen MR) is 83.2 cm³/mol. The Morgan fingerprint density at radius 2 is 1.74 bits per heavy atom. The third kappa shape index (κ3) is 2.17. The van der Waals surface area contributed by atoms with Crippen LogP contribution in [-0.2, 0) is 6.54 Å². The van der Waals surface area contributed by atoms with Crippen molar-refractivity contribution >= 4 is 17.3 Å². The molecule has 1 nitrogen and oxygen atoms in total. The van der Waals surface area contributed by atoms with Crippen LogP contribution in [0.1, 0.15) is 30.5 Å². The molecular formula is C18H19N. The van der Waals surface area contributed by atoms with Crippen molar-refractivity contribution in [3.8, 4) is 0 Å². The largest absolute Gasteiger partial charge is 0.367 e. The van der Waals surface area contributed by atoms with E-state index in [-0.39, 0.29) is 0 Å². The van der Waals surface area contributed by atoms with Gasteiger partial charge in [0.1, 0.15) is 0 Å².